The van der Waals surface area contributed by atoms with E-state index in [1.165, 1.54) is 0 Å². The second-order valence-electron chi connectivity index (χ2n) is 7.21. The molecule has 0 N–H and O–H groups in total. The smallest absolute Gasteiger partial charge is 0.229 e. The average molecular weight is 345 g/mol. The molecule has 2 aliphatic rings. The predicted molar refractivity (Wildman–Crippen MR) is 86.7 cm³/mol. The number of amides is 1. The van der Waals surface area contributed by atoms with Gasteiger partial charge in [0.1, 0.15) is 0 Å². The van der Waals surface area contributed by atoms with Crippen LogP contribution in [0.15, 0.2) is 9.05 Å². The lowest BCUT2D eigenvalue weighted by atomic mass is 10.2. The minimum atomic E-state index is -0.0894. The van der Waals surface area contributed by atoms with Crippen molar-refractivity contribution in [3.8, 4) is 0 Å². The molecule has 134 valence electrons. The van der Waals surface area contributed by atoms with Gasteiger partial charge in [0.15, 0.2) is 11.6 Å². The van der Waals surface area contributed by atoms with E-state index in [9.17, 15) is 4.79 Å². The molecule has 1 atom stereocenters. The Kier molecular flexibility index (Phi) is 4.27. The van der Waals surface area contributed by atoms with Gasteiger partial charge >= 0.3 is 0 Å². The maximum Gasteiger partial charge on any atom is 0.229 e. The number of rotatable bonds is 6. The predicted octanol–water partition coefficient (Wildman–Crippen LogP) is 2.75. The molecule has 1 saturated carbocycles. The van der Waals surface area contributed by atoms with Crippen molar-refractivity contribution in [2.75, 3.05) is 6.54 Å². The van der Waals surface area contributed by atoms with E-state index >= 15 is 0 Å². The van der Waals surface area contributed by atoms with E-state index in [0.717, 1.165) is 38.1 Å². The van der Waals surface area contributed by atoms with Crippen molar-refractivity contribution < 1.29 is 13.8 Å². The van der Waals surface area contributed by atoms with Crippen molar-refractivity contribution in [3.63, 3.8) is 0 Å². The van der Waals surface area contributed by atoms with Crippen LogP contribution >= 0.6 is 0 Å². The van der Waals surface area contributed by atoms with Gasteiger partial charge in [0.25, 0.3) is 0 Å². The van der Waals surface area contributed by atoms with Gasteiger partial charge in [-0.25, -0.2) is 0 Å². The summed E-state index contributed by atoms with van der Waals surface area (Å²) in [6.45, 7) is 4.75. The van der Waals surface area contributed by atoms with E-state index < -0.39 is 0 Å². The zero-order valence-electron chi connectivity index (χ0n) is 14.6. The Hall–Kier alpha value is -2.25. The standard InChI is InChI=1S/C17H23N5O3/c1-10(2)17-19-16(21-25-17)12-4-3-9-22(12)14(23)8-7-13-18-15(20-24-13)11-5-6-11/h10-12H,3-9H2,1-2H3/t12-/m0/s1. The van der Waals surface area contributed by atoms with Crippen LogP contribution in [0.3, 0.4) is 0 Å². The molecule has 8 heteroatoms. The summed E-state index contributed by atoms with van der Waals surface area (Å²) in [6.07, 6.45) is 4.93. The molecule has 25 heavy (non-hydrogen) atoms. The summed E-state index contributed by atoms with van der Waals surface area (Å²) in [5.41, 5.74) is 0. The molecule has 0 bridgehead atoms. The number of carbonyl (C=O) groups excluding carboxylic acids is 1. The third kappa shape index (κ3) is 3.43. The molecule has 0 unspecified atom stereocenters. The Bertz CT molecular complexity index is 749. The topological polar surface area (TPSA) is 98.2 Å². The minimum Gasteiger partial charge on any atom is -0.339 e. The first-order chi connectivity index (χ1) is 12.1. The molecule has 1 aliphatic carbocycles. The summed E-state index contributed by atoms with van der Waals surface area (Å²) in [5, 5.41) is 8.07. The third-order valence-corrected chi connectivity index (χ3v) is 4.80. The zero-order chi connectivity index (χ0) is 17.4. The number of nitrogens with zero attached hydrogens (tertiary/aromatic N) is 5. The van der Waals surface area contributed by atoms with Crippen molar-refractivity contribution in [3.05, 3.63) is 23.4 Å². The van der Waals surface area contributed by atoms with Gasteiger partial charge < -0.3 is 13.9 Å². The summed E-state index contributed by atoms with van der Waals surface area (Å²) in [7, 11) is 0. The summed E-state index contributed by atoms with van der Waals surface area (Å²) in [4.78, 5) is 23.3. The summed E-state index contributed by atoms with van der Waals surface area (Å²) in [5.74, 6) is 3.29. The maximum absolute atomic E-state index is 12.6. The third-order valence-electron chi connectivity index (χ3n) is 4.80. The van der Waals surface area contributed by atoms with Crippen molar-refractivity contribution in [2.45, 2.75) is 70.3 Å². The van der Waals surface area contributed by atoms with Crippen molar-refractivity contribution in [1.29, 1.82) is 0 Å². The van der Waals surface area contributed by atoms with E-state index in [2.05, 4.69) is 20.3 Å². The van der Waals surface area contributed by atoms with Crippen LogP contribution in [-0.2, 0) is 11.2 Å². The first kappa shape index (κ1) is 16.2. The second-order valence-corrected chi connectivity index (χ2v) is 7.21. The fourth-order valence-corrected chi connectivity index (χ4v) is 3.19. The number of hydrogen-bond acceptors (Lipinski definition) is 7. The molecule has 4 rings (SSSR count). The van der Waals surface area contributed by atoms with Crippen LogP contribution in [0, 0.1) is 0 Å². The highest BCUT2D eigenvalue weighted by atomic mass is 16.5. The molecule has 2 aromatic heterocycles. The molecular formula is C17H23N5O3. The number of likely N-dealkylation sites (tertiary alicyclic amines) is 1. The lowest BCUT2D eigenvalue weighted by Gasteiger charge is -2.21. The molecule has 2 fully saturated rings. The van der Waals surface area contributed by atoms with Gasteiger partial charge in [-0.15, -0.1) is 0 Å². The van der Waals surface area contributed by atoms with Crippen molar-refractivity contribution in [1.82, 2.24) is 25.2 Å². The molecule has 0 spiro atoms. The molecule has 1 aliphatic heterocycles. The number of aromatic nitrogens is 4. The van der Waals surface area contributed by atoms with Crippen LogP contribution in [-0.4, -0.2) is 37.6 Å². The minimum absolute atomic E-state index is 0.0737. The lowest BCUT2D eigenvalue weighted by Crippen LogP contribution is -2.31. The SMILES string of the molecule is CC(C)c1nc([C@@H]2CCCN2C(=O)CCc2nc(C3CC3)no2)no1. The molecule has 8 nitrogen and oxygen atoms in total. The Morgan fingerprint density at radius 2 is 1.96 bits per heavy atom. The fourth-order valence-electron chi connectivity index (χ4n) is 3.19. The van der Waals surface area contributed by atoms with E-state index in [4.69, 9.17) is 9.05 Å². The Morgan fingerprint density at radius 1 is 1.16 bits per heavy atom. The van der Waals surface area contributed by atoms with Gasteiger partial charge in [-0.1, -0.05) is 24.2 Å². The Morgan fingerprint density at radius 3 is 2.68 bits per heavy atom. The van der Waals surface area contributed by atoms with Crippen molar-refractivity contribution in [2.24, 2.45) is 0 Å². The van der Waals surface area contributed by atoms with E-state index in [-0.39, 0.29) is 17.9 Å². The van der Waals surface area contributed by atoms with E-state index in [1.54, 1.807) is 0 Å². The highest BCUT2D eigenvalue weighted by Crippen LogP contribution is 2.38. The quantitative estimate of drug-likeness (QED) is 0.794. The van der Waals surface area contributed by atoms with Gasteiger partial charge in [0.05, 0.1) is 6.04 Å². The van der Waals surface area contributed by atoms with Crippen LogP contribution < -0.4 is 0 Å². The van der Waals surface area contributed by atoms with Gasteiger partial charge in [0, 0.05) is 31.2 Å². The van der Waals surface area contributed by atoms with Gasteiger partial charge in [-0.05, 0) is 25.7 Å². The molecule has 0 aromatic carbocycles. The highest BCUT2D eigenvalue weighted by molar-refractivity contribution is 5.77. The fraction of sp³-hybridized carbons (Fsp3) is 0.706. The lowest BCUT2D eigenvalue weighted by molar-refractivity contribution is -0.132. The molecule has 1 amide bonds. The normalized spacial score (nSPS) is 20.6. The first-order valence-electron chi connectivity index (χ1n) is 9.07. The van der Waals surface area contributed by atoms with E-state index in [1.807, 2.05) is 18.7 Å². The number of hydrogen-bond donors (Lipinski definition) is 0. The largest absolute Gasteiger partial charge is 0.339 e. The summed E-state index contributed by atoms with van der Waals surface area (Å²) < 4.78 is 10.5. The first-order valence-corrected chi connectivity index (χ1v) is 9.07. The molecule has 0 radical (unpaired) electrons. The Balaban J connectivity index is 1.37. The van der Waals surface area contributed by atoms with Gasteiger partial charge in [0.2, 0.25) is 17.7 Å². The van der Waals surface area contributed by atoms with Crippen LogP contribution in [0.5, 0.6) is 0 Å². The number of aryl methyl sites for hydroxylation is 1. The van der Waals surface area contributed by atoms with E-state index in [0.29, 0.717) is 36.4 Å². The Labute approximate surface area is 146 Å². The summed E-state index contributed by atoms with van der Waals surface area (Å²) in [6, 6.07) is -0.0894. The highest BCUT2D eigenvalue weighted by Gasteiger charge is 2.34. The van der Waals surface area contributed by atoms with Gasteiger partial charge in [-0.2, -0.15) is 9.97 Å². The van der Waals surface area contributed by atoms with Crippen LogP contribution in [0.4, 0.5) is 0 Å². The van der Waals surface area contributed by atoms with Crippen LogP contribution in [0.1, 0.15) is 87.3 Å². The van der Waals surface area contributed by atoms with Gasteiger partial charge in [-0.3, -0.25) is 4.79 Å². The summed E-state index contributed by atoms with van der Waals surface area (Å²) >= 11 is 0. The number of carbonyl (C=O) groups is 1. The average Bonchev–Trinajstić information content (AvgIpc) is 3.06. The monoisotopic (exact) mass is 345 g/mol. The molecule has 1 saturated heterocycles. The molecule has 2 aromatic rings. The molecular weight excluding hydrogens is 322 g/mol. The maximum atomic E-state index is 12.6. The second kappa shape index (κ2) is 6.57. The van der Waals surface area contributed by atoms with Crippen molar-refractivity contribution >= 4 is 5.91 Å². The van der Waals surface area contributed by atoms with Crippen LogP contribution in [0.2, 0.25) is 0 Å². The molecule has 3 heterocycles. The zero-order valence-corrected chi connectivity index (χ0v) is 14.6. The van der Waals surface area contributed by atoms with Crippen LogP contribution in [0.25, 0.3) is 0 Å².